The van der Waals surface area contributed by atoms with Gasteiger partial charge in [-0.2, -0.15) is 3.57 Å². The topological polar surface area (TPSA) is 34.1 Å². The van der Waals surface area contributed by atoms with Crippen LogP contribution in [0.1, 0.15) is 64.1 Å². The van der Waals surface area contributed by atoms with Gasteiger partial charge in [-0.05, 0) is 57.2 Å². The SMILES string of the molecule is CCc1cc(C(=O)C2=CC=CC(C)(C(=O)c3cccc(C)c3C)CC2)ccc1[I-]. The molecule has 1 radical (unpaired) electrons. The first-order valence-corrected chi connectivity index (χ1v) is 11.2. The predicted molar refractivity (Wildman–Crippen MR) is 114 cm³/mol. The molecule has 29 heavy (non-hydrogen) atoms. The van der Waals surface area contributed by atoms with E-state index < -0.39 is 5.41 Å². The van der Waals surface area contributed by atoms with Gasteiger partial charge in [0.15, 0.2) is 11.6 Å². The summed E-state index contributed by atoms with van der Waals surface area (Å²) in [6, 6.07) is 11.8. The maximum atomic E-state index is 13.4. The molecule has 0 N–H and O–H groups in total. The van der Waals surface area contributed by atoms with Gasteiger partial charge in [-0.1, -0.05) is 61.0 Å². The van der Waals surface area contributed by atoms with Crippen molar-refractivity contribution in [2.75, 3.05) is 0 Å². The van der Waals surface area contributed by atoms with Crippen molar-refractivity contribution in [3.05, 3.63) is 91.6 Å². The monoisotopic (exact) mass is 498 g/mol. The molecule has 0 saturated heterocycles. The minimum absolute atomic E-state index is 0.0594. The van der Waals surface area contributed by atoms with Crippen LogP contribution in [0, 0.1) is 22.8 Å². The smallest absolute Gasteiger partial charge is 0.189 e. The molecule has 3 heteroatoms. The largest absolute Gasteiger partial charge is 0.758 e. The van der Waals surface area contributed by atoms with Gasteiger partial charge in [-0.25, -0.2) is 0 Å². The van der Waals surface area contributed by atoms with Crippen LogP contribution in [0.25, 0.3) is 0 Å². The van der Waals surface area contributed by atoms with Crippen LogP contribution in [-0.2, 0) is 6.42 Å². The van der Waals surface area contributed by atoms with E-state index in [0.717, 1.165) is 34.2 Å². The molecule has 3 rings (SSSR count). The fourth-order valence-corrected chi connectivity index (χ4v) is 4.51. The van der Waals surface area contributed by atoms with Crippen molar-refractivity contribution in [3.63, 3.8) is 0 Å². The average Bonchev–Trinajstić information content (AvgIpc) is 2.92. The first kappa shape index (κ1) is 21.7. The second kappa shape index (κ2) is 8.78. The highest BCUT2D eigenvalue weighted by atomic mass is 127. The van der Waals surface area contributed by atoms with Gasteiger partial charge in [-0.3, -0.25) is 9.59 Å². The maximum absolute atomic E-state index is 13.4. The number of Topliss-reactive ketones (excluding diaryl/α,β-unsaturated/α-hetero) is 2. The highest BCUT2D eigenvalue weighted by Gasteiger charge is 2.33. The van der Waals surface area contributed by atoms with Crippen molar-refractivity contribution in [1.82, 2.24) is 0 Å². The number of allylic oxidation sites excluding steroid dienone is 4. The molecule has 2 nitrogen and oxygen atoms in total. The average molecular weight is 498 g/mol. The summed E-state index contributed by atoms with van der Waals surface area (Å²) in [5.41, 5.74) is 5.00. The van der Waals surface area contributed by atoms with Gasteiger partial charge in [0.1, 0.15) is 0 Å². The second-order valence-corrected chi connectivity index (χ2v) is 9.20. The third kappa shape index (κ3) is 4.45. The van der Waals surface area contributed by atoms with Gasteiger partial charge in [0.05, 0.1) is 0 Å². The van der Waals surface area contributed by atoms with Gasteiger partial charge in [0.2, 0.25) is 0 Å². The van der Waals surface area contributed by atoms with Crippen molar-refractivity contribution in [3.8, 4) is 0 Å². The zero-order chi connectivity index (χ0) is 21.2. The normalized spacial score (nSPS) is 18.9. The van der Waals surface area contributed by atoms with E-state index in [9.17, 15) is 9.59 Å². The summed E-state index contributed by atoms with van der Waals surface area (Å²) in [5, 5.41) is 0. The molecule has 1 unspecified atom stereocenters. The molecule has 1 aliphatic rings. The Hall–Kier alpha value is -2.01. The lowest BCUT2D eigenvalue weighted by Gasteiger charge is -2.25. The van der Waals surface area contributed by atoms with Crippen LogP contribution in [0.5, 0.6) is 0 Å². The number of halogens is 1. The van der Waals surface area contributed by atoms with Crippen molar-refractivity contribution in [1.29, 1.82) is 0 Å². The molecule has 0 heterocycles. The standard InChI is InChI=1S/C26H27IO2/c1-5-19-16-21(11-12-23(19)27)24(28)20-9-7-14-26(4,15-13-20)25(29)22-10-6-8-17(2)18(22)3/h6-12,14,16H,5,13,15H2,1-4H3/q-1. The number of rotatable bonds is 5. The number of carbonyl (C=O) groups is 2. The number of carbonyl (C=O) groups excluding carboxylic acids is 2. The molecule has 0 spiro atoms. The molecule has 1 atom stereocenters. The van der Waals surface area contributed by atoms with E-state index in [1.54, 1.807) is 0 Å². The molecule has 0 fully saturated rings. The molecule has 1 aliphatic carbocycles. The van der Waals surface area contributed by atoms with Crippen LogP contribution in [0.15, 0.2) is 60.2 Å². The number of hydrogen-bond donors (Lipinski definition) is 0. The number of hydrogen-bond acceptors (Lipinski definition) is 2. The molecule has 2 aromatic carbocycles. The molecular formula is C26H27IO2-. The molecule has 0 saturated carbocycles. The molecular weight excluding hydrogens is 471 g/mol. The van der Waals surface area contributed by atoms with Gasteiger partial charge in [0.25, 0.3) is 0 Å². The Labute approximate surface area is 187 Å². The van der Waals surface area contributed by atoms with Crippen molar-refractivity contribution >= 4 is 11.6 Å². The van der Waals surface area contributed by atoms with E-state index in [2.05, 4.69) is 29.5 Å². The van der Waals surface area contributed by atoms with Gasteiger partial charge < -0.3 is 22.6 Å². The van der Waals surface area contributed by atoms with Crippen molar-refractivity contribution in [2.45, 2.75) is 47.0 Å². The van der Waals surface area contributed by atoms with Crippen LogP contribution in [-0.4, -0.2) is 11.6 Å². The number of ketones is 2. The Morgan fingerprint density at radius 1 is 1.14 bits per heavy atom. The van der Waals surface area contributed by atoms with Gasteiger partial charge in [-0.15, -0.1) is 0 Å². The molecule has 0 amide bonds. The second-order valence-electron chi connectivity index (χ2n) is 8.03. The highest BCUT2D eigenvalue weighted by Crippen LogP contribution is 2.35. The Balaban J connectivity index is 1.82. The summed E-state index contributed by atoms with van der Waals surface area (Å²) in [7, 11) is 0. The molecule has 0 aliphatic heterocycles. The molecule has 0 aromatic heterocycles. The molecule has 151 valence electrons. The predicted octanol–water partition coefficient (Wildman–Crippen LogP) is 2.94. The lowest BCUT2D eigenvalue weighted by Crippen LogP contribution is -3.34. The van der Waals surface area contributed by atoms with Gasteiger partial charge in [0, 0.05) is 22.1 Å². The minimum atomic E-state index is -0.613. The van der Waals surface area contributed by atoms with Crippen LogP contribution in [0.4, 0.5) is 0 Å². The Morgan fingerprint density at radius 3 is 2.62 bits per heavy atom. The summed E-state index contributed by atoms with van der Waals surface area (Å²) in [6.07, 6.45) is 7.85. The first-order valence-electron chi connectivity index (χ1n) is 10.1. The van der Waals surface area contributed by atoms with E-state index in [4.69, 9.17) is 0 Å². The number of aryl methyl sites for hydroxylation is 2. The van der Waals surface area contributed by atoms with Crippen molar-refractivity contribution < 1.29 is 32.2 Å². The van der Waals surface area contributed by atoms with Crippen LogP contribution in [0.3, 0.4) is 0 Å². The summed E-state index contributed by atoms with van der Waals surface area (Å²) >= 11 is 2.31. The fraction of sp³-hybridized carbons (Fsp3) is 0.308. The third-order valence-corrected chi connectivity index (χ3v) is 7.08. The van der Waals surface area contributed by atoms with E-state index in [1.807, 2.05) is 75.4 Å². The Kier molecular flexibility index (Phi) is 6.57. The lowest BCUT2D eigenvalue weighted by molar-refractivity contribution is -0.329. The quantitative estimate of drug-likeness (QED) is 0.470. The summed E-state index contributed by atoms with van der Waals surface area (Å²) in [5.74, 6) is 0.184. The van der Waals surface area contributed by atoms with Gasteiger partial charge >= 0.3 is 0 Å². The van der Waals surface area contributed by atoms with Crippen molar-refractivity contribution in [2.24, 2.45) is 5.41 Å². The fourth-order valence-electron chi connectivity index (χ4n) is 3.79. The number of benzene rings is 2. The third-order valence-electron chi connectivity index (χ3n) is 6.02. The zero-order valence-corrected chi connectivity index (χ0v) is 19.7. The zero-order valence-electron chi connectivity index (χ0n) is 17.5. The van der Waals surface area contributed by atoms with Crippen LogP contribution in [0.2, 0.25) is 0 Å². The van der Waals surface area contributed by atoms with E-state index in [-0.39, 0.29) is 11.6 Å². The Bertz CT molecular complexity index is 1030. The Morgan fingerprint density at radius 2 is 1.90 bits per heavy atom. The van der Waals surface area contributed by atoms with E-state index in [1.165, 1.54) is 9.13 Å². The highest BCUT2D eigenvalue weighted by molar-refractivity contribution is 6.09. The first-order chi connectivity index (χ1) is 13.8. The maximum Gasteiger partial charge on any atom is 0.189 e. The van der Waals surface area contributed by atoms with Crippen LogP contribution < -0.4 is 22.6 Å². The van der Waals surface area contributed by atoms with Crippen LogP contribution >= 0.6 is 0 Å². The summed E-state index contributed by atoms with van der Waals surface area (Å²) in [6.45, 7) is 8.11. The van der Waals surface area contributed by atoms with E-state index >= 15 is 0 Å². The summed E-state index contributed by atoms with van der Waals surface area (Å²) < 4.78 is 1.18. The lowest BCUT2D eigenvalue weighted by atomic mass is 9.76. The summed E-state index contributed by atoms with van der Waals surface area (Å²) in [4.78, 5) is 26.4. The van der Waals surface area contributed by atoms with E-state index in [0.29, 0.717) is 12.8 Å². The minimum Gasteiger partial charge on any atom is -0.758 e. The molecule has 0 bridgehead atoms. The molecule has 2 aromatic rings.